The third kappa shape index (κ3) is 2.70. The summed E-state index contributed by atoms with van der Waals surface area (Å²) < 4.78 is 0.860. The molecular formula is C10H10N4O4. The van der Waals surface area contributed by atoms with Crippen LogP contribution in [0.15, 0.2) is 17.1 Å². The molecule has 0 radical (unpaired) electrons. The lowest BCUT2D eigenvalue weighted by atomic mass is 10.2. The third-order valence-electron chi connectivity index (χ3n) is 2.21. The summed E-state index contributed by atoms with van der Waals surface area (Å²) in [6.07, 6.45) is 0.949. The molecule has 0 aliphatic rings. The topological polar surface area (TPSA) is 109 Å². The summed E-state index contributed by atoms with van der Waals surface area (Å²) in [4.78, 5) is 34.3. The van der Waals surface area contributed by atoms with E-state index >= 15 is 0 Å². The summed E-state index contributed by atoms with van der Waals surface area (Å²) in [7, 11) is 2.99. The Morgan fingerprint density at radius 1 is 1.61 bits per heavy atom. The summed E-state index contributed by atoms with van der Waals surface area (Å²) in [5.74, 6) is -0.401. The highest BCUT2D eigenvalue weighted by Gasteiger charge is 2.15. The van der Waals surface area contributed by atoms with Crippen LogP contribution in [0, 0.1) is 21.4 Å². The molecule has 0 N–H and O–H groups in total. The van der Waals surface area contributed by atoms with Crippen LogP contribution in [0.1, 0.15) is 5.56 Å². The van der Waals surface area contributed by atoms with Gasteiger partial charge < -0.3 is 4.90 Å². The Bertz CT molecular complexity index is 597. The molecule has 0 saturated carbocycles. The monoisotopic (exact) mass is 250 g/mol. The van der Waals surface area contributed by atoms with Gasteiger partial charge in [0.15, 0.2) is 0 Å². The van der Waals surface area contributed by atoms with Crippen LogP contribution in [-0.2, 0) is 11.3 Å². The Kier molecular flexibility index (Phi) is 3.78. The molecule has 18 heavy (non-hydrogen) atoms. The maximum Gasteiger partial charge on any atom is 0.287 e. The van der Waals surface area contributed by atoms with Gasteiger partial charge in [-0.3, -0.25) is 24.3 Å². The molecule has 1 heterocycles. The lowest BCUT2D eigenvalue weighted by molar-refractivity contribution is -0.385. The molecule has 0 bridgehead atoms. The molecule has 0 aromatic carbocycles. The first-order chi connectivity index (χ1) is 8.36. The zero-order chi connectivity index (χ0) is 13.9. The van der Waals surface area contributed by atoms with Crippen LogP contribution in [0.5, 0.6) is 0 Å². The van der Waals surface area contributed by atoms with Gasteiger partial charge in [0.25, 0.3) is 11.2 Å². The zero-order valence-electron chi connectivity index (χ0n) is 9.78. The van der Waals surface area contributed by atoms with Gasteiger partial charge >= 0.3 is 0 Å². The molecule has 0 aliphatic heterocycles. The van der Waals surface area contributed by atoms with Crippen LogP contribution < -0.4 is 5.56 Å². The van der Waals surface area contributed by atoms with Crippen LogP contribution in [0.3, 0.4) is 0 Å². The van der Waals surface area contributed by atoms with Crippen molar-refractivity contribution < 1.29 is 9.72 Å². The first-order valence-electron chi connectivity index (χ1n) is 4.86. The van der Waals surface area contributed by atoms with Crippen molar-refractivity contribution in [2.45, 2.75) is 6.54 Å². The van der Waals surface area contributed by atoms with E-state index in [1.807, 2.05) is 0 Å². The lowest BCUT2D eigenvalue weighted by Crippen LogP contribution is -2.32. The van der Waals surface area contributed by atoms with E-state index in [1.165, 1.54) is 19.0 Å². The minimum atomic E-state index is -0.725. The molecule has 94 valence electrons. The number of nitro groups is 1. The van der Waals surface area contributed by atoms with Crippen molar-refractivity contribution in [3.05, 3.63) is 38.3 Å². The van der Waals surface area contributed by atoms with Gasteiger partial charge in [0.2, 0.25) is 5.91 Å². The second-order valence-corrected chi connectivity index (χ2v) is 3.70. The number of carbonyl (C=O) groups excluding carboxylic acids is 1. The molecule has 0 atom stereocenters. The van der Waals surface area contributed by atoms with Crippen molar-refractivity contribution in [1.82, 2.24) is 9.47 Å². The highest BCUT2D eigenvalue weighted by molar-refractivity contribution is 5.75. The number of aromatic nitrogens is 1. The summed E-state index contributed by atoms with van der Waals surface area (Å²) in [6, 6.07) is 2.46. The number of hydrogen-bond acceptors (Lipinski definition) is 5. The molecule has 0 fully saturated rings. The first-order valence-corrected chi connectivity index (χ1v) is 4.86. The fourth-order valence-corrected chi connectivity index (χ4v) is 1.20. The Morgan fingerprint density at radius 3 is 2.67 bits per heavy atom. The molecule has 1 aromatic heterocycles. The maximum atomic E-state index is 11.7. The maximum absolute atomic E-state index is 11.7. The molecule has 8 heteroatoms. The zero-order valence-corrected chi connectivity index (χ0v) is 9.78. The number of nitrogens with zero attached hydrogens (tertiary/aromatic N) is 4. The van der Waals surface area contributed by atoms with E-state index in [0.29, 0.717) is 0 Å². The van der Waals surface area contributed by atoms with Crippen molar-refractivity contribution in [1.29, 1.82) is 5.26 Å². The van der Waals surface area contributed by atoms with E-state index in [-0.39, 0.29) is 12.1 Å². The number of carbonyl (C=O) groups is 1. The number of likely N-dealkylation sites (N-methyl/N-ethyl adjacent to an activating group) is 1. The second kappa shape index (κ2) is 5.09. The molecule has 0 saturated heterocycles. The minimum absolute atomic E-state index is 0.345. The largest absolute Gasteiger partial charge is 0.347 e. The molecule has 1 aromatic rings. The van der Waals surface area contributed by atoms with E-state index in [1.54, 1.807) is 6.07 Å². The Morgan fingerprint density at radius 2 is 2.22 bits per heavy atom. The van der Waals surface area contributed by atoms with Crippen molar-refractivity contribution in [2.75, 3.05) is 14.1 Å². The van der Waals surface area contributed by atoms with E-state index in [0.717, 1.165) is 16.8 Å². The van der Waals surface area contributed by atoms with Gasteiger partial charge in [0.05, 0.1) is 11.1 Å². The highest BCUT2D eigenvalue weighted by Crippen LogP contribution is 2.09. The van der Waals surface area contributed by atoms with Gasteiger partial charge in [-0.1, -0.05) is 0 Å². The molecule has 1 amide bonds. The predicted octanol–water partition coefficient (Wildman–Crippen LogP) is -0.284. The number of rotatable bonds is 3. The second-order valence-electron chi connectivity index (χ2n) is 3.70. The Balaban J connectivity index is 3.31. The summed E-state index contributed by atoms with van der Waals surface area (Å²) in [5.41, 5.74) is -1.49. The smallest absolute Gasteiger partial charge is 0.287 e. The van der Waals surface area contributed by atoms with Gasteiger partial charge in [-0.05, 0) is 0 Å². The number of nitriles is 1. The Labute approximate surface area is 102 Å². The summed E-state index contributed by atoms with van der Waals surface area (Å²) in [6.45, 7) is -0.345. The predicted molar refractivity (Wildman–Crippen MR) is 60.8 cm³/mol. The Hall–Kier alpha value is -2.69. The molecule has 1 rings (SSSR count). The van der Waals surface area contributed by atoms with Crippen LogP contribution >= 0.6 is 0 Å². The summed E-state index contributed by atoms with van der Waals surface area (Å²) >= 11 is 0. The SMILES string of the molecule is CN(C)C(=O)Cn1cc([N+](=O)[O-])cc(C#N)c1=O. The van der Waals surface area contributed by atoms with Gasteiger partial charge in [-0.25, -0.2) is 0 Å². The average molecular weight is 250 g/mol. The molecule has 0 unspecified atom stereocenters. The van der Waals surface area contributed by atoms with Crippen LogP contribution in [0.2, 0.25) is 0 Å². The minimum Gasteiger partial charge on any atom is -0.347 e. The van der Waals surface area contributed by atoms with Gasteiger partial charge in [0.1, 0.15) is 18.2 Å². The van der Waals surface area contributed by atoms with Crippen molar-refractivity contribution in [3.8, 4) is 6.07 Å². The molecular weight excluding hydrogens is 240 g/mol. The fourth-order valence-electron chi connectivity index (χ4n) is 1.20. The van der Waals surface area contributed by atoms with Gasteiger partial charge in [-0.15, -0.1) is 0 Å². The normalized spacial score (nSPS) is 9.61. The van der Waals surface area contributed by atoms with Gasteiger partial charge in [-0.2, -0.15) is 5.26 Å². The fraction of sp³-hybridized carbons (Fsp3) is 0.300. The van der Waals surface area contributed by atoms with Crippen molar-refractivity contribution in [3.63, 3.8) is 0 Å². The van der Waals surface area contributed by atoms with E-state index in [4.69, 9.17) is 5.26 Å². The third-order valence-corrected chi connectivity index (χ3v) is 2.21. The number of pyridine rings is 1. The molecule has 8 nitrogen and oxygen atoms in total. The van der Waals surface area contributed by atoms with Crippen LogP contribution in [-0.4, -0.2) is 34.4 Å². The van der Waals surface area contributed by atoms with Crippen molar-refractivity contribution >= 4 is 11.6 Å². The lowest BCUT2D eigenvalue weighted by Gasteiger charge is -2.11. The standard InChI is InChI=1S/C10H10N4O4/c1-12(2)9(15)6-13-5-8(14(17)18)3-7(4-11)10(13)16/h3,5H,6H2,1-2H3. The first kappa shape index (κ1) is 13.4. The van der Waals surface area contributed by atoms with Gasteiger partial charge in [0, 0.05) is 20.2 Å². The van der Waals surface area contributed by atoms with Crippen LogP contribution in [0.25, 0.3) is 0 Å². The molecule has 0 spiro atoms. The van der Waals surface area contributed by atoms with E-state index in [2.05, 4.69) is 0 Å². The highest BCUT2D eigenvalue weighted by atomic mass is 16.6. The summed E-state index contributed by atoms with van der Waals surface area (Å²) in [5, 5.41) is 19.3. The van der Waals surface area contributed by atoms with E-state index < -0.39 is 22.1 Å². The molecule has 0 aliphatic carbocycles. The number of hydrogen-bond donors (Lipinski definition) is 0. The van der Waals surface area contributed by atoms with Crippen molar-refractivity contribution in [2.24, 2.45) is 0 Å². The quantitative estimate of drug-likeness (QED) is 0.541. The van der Waals surface area contributed by atoms with E-state index in [9.17, 15) is 19.7 Å². The average Bonchev–Trinajstić information content (AvgIpc) is 2.31. The number of amides is 1. The van der Waals surface area contributed by atoms with Crippen LogP contribution in [0.4, 0.5) is 5.69 Å².